The zero-order valence-electron chi connectivity index (χ0n) is 12.1. The van der Waals surface area contributed by atoms with Gasteiger partial charge < -0.3 is 0 Å². The van der Waals surface area contributed by atoms with Crippen molar-refractivity contribution >= 4 is 11.0 Å². The zero-order chi connectivity index (χ0) is 14.6. The number of aromatic nitrogens is 1. The molecule has 1 unspecified atom stereocenters. The van der Waals surface area contributed by atoms with Gasteiger partial charge in [0.2, 0.25) is 0 Å². The zero-order valence-corrected chi connectivity index (χ0v) is 12.9. The molecule has 0 radical (unpaired) electrons. The van der Waals surface area contributed by atoms with Gasteiger partial charge in [0, 0.05) is 24.5 Å². The minimum absolute atomic E-state index is 0.515. The van der Waals surface area contributed by atoms with Crippen molar-refractivity contribution in [2.45, 2.75) is 38.5 Å². The molecule has 0 saturated carbocycles. The molecule has 0 aromatic carbocycles. The molecule has 108 valence electrons. The molecule has 1 saturated heterocycles. The van der Waals surface area contributed by atoms with Crippen molar-refractivity contribution in [1.29, 1.82) is 5.26 Å². The lowest BCUT2D eigenvalue weighted by atomic mass is 9.77. The Labute approximate surface area is 123 Å². The molecule has 1 aromatic heterocycles. The Bertz CT molecular complexity index is 530. The first-order valence-electron chi connectivity index (χ1n) is 7.10. The van der Waals surface area contributed by atoms with E-state index in [1.807, 2.05) is 36.4 Å². The van der Waals surface area contributed by atoms with Crippen molar-refractivity contribution < 1.29 is 4.21 Å². The monoisotopic (exact) mass is 291 g/mol. The molecule has 0 bridgehead atoms. The smallest absolute Gasteiger partial charge is 0.102 e. The highest BCUT2D eigenvalue weighted by Gasteiger charge is 2.38. The molecule has 5 heteroatoms. The summed E-state index contributed by atoms with van der Waals surface area (Å²) < 4.78 is 14.0. The quantitative estimate of drug-likeness (QED) is 0.855. The second-order valence-corrected chi connectivity index (χ2v) is 6.88. The SMILES string of the molecule is CCCS(=O)N1CCC(C#N)(c2cccc(C)n2)CC1. The molecule has 1 aliphatic heterocycles. The summed E-state index contributed by atoms with van der Waals surface area (Å²) >= 11 is 0. The van der Waals surface area contributed by atoms with Crippen LogP contribution in [0.15, 0.2) is 18.2 Å². The van der Waals surface area contributed by atoms with Crippen LogP contribution in [0.4, 0.5) is 0 Å². The van der Waals surface area contributed by atoms with Crippen LogP contribution < -0.4 is 0 Å². The van der Waals surface area contributed by atoms with Crippen LogP contribution in [0.3, 0.4) is 0 Å². The van der Waals surface area contributed by atoms with Crippen LogP contribution in [0.5, 0.6) is 0 Å². The largest absolute Gasteiger partial charge is 0.256 e. The van der Waals surface area contributed by atoms with Crippen LogP contribution in [0.25, 0.3) is 0 Å². The fourth-order valence-corrected chi connectivity index (χ4v) is 3.81. The standard InChI is InChI=1S/C15H21N3OS/c1-3-11-20(19)18-9-7-15(12-16,8-10-18)14-6-4-5-13(2)17-14/h4-6H,3,7-11H2,1-2H3. The summed E-state index contributed by atoms with van der Waals surface area (Å²) in [5, 5.41) is 9.63. The van der Waals surface area contributed by atoms with E-state index in [0.717, 1.165) is 17.8 Å². The van der Waals surface area contributed by atoms with Gasteiger partial charge in [-0.2, -0.15) is 5.26 Å². The summed E-state index contributed by atoms with van der Waals surface area (Å²) in [6, 6.07) is 8.30. The fraction of sp³-hybridized carbons (Fsp3) is 0.600. The van der Waals surface area contributed by atoms with Gasteiger partial charge in [0.25, 0.3) is 0 Å². The Morgan fingerprint density at radius 2 is 2.15 bits per heavy atom. The molecule has 2 rings (SSSR count). The van der Waals surface area contributed by atoms with E-state index in [0.29, 0.717) is 31.7 Å². The third kappa shape index (κ3) is 3.08. The van der Waals surface area contributed by atoms with Gasteiger partial charge in [-0.25, -0.2) is 8.51 Å². The molecule has 1 aromatic rings. The van der Waals surface area contributed by atoms with Crippen molar-refractivity contribution in [3.63, 3.8) is 0 Å². The Balaban J connectivity index is 2.13. The molecule has 2 heterocycles. The maximum atomic E-state index is 12.0. The fourth-order valence-electron chi connectivity index (χ4n) is 2.61. The Morgan fingerprint density at radius 1 is 1.45 bits per heavy atom. The molecule has 1 aliphatic rings. The highest BCUT2D eigenvalue weighted by molar-refractivity contribution is 7.82. The number of pyridine rings is 1. The summed E-state index contributed by atoms with van der Waals surface area (Å²) in [5.74, 6) is 0.711. The molecule has 0 amide bonds. The van der Waals surface area contributed by atoms with Gasteiger partial charge in [-0.15, -0.1) is 0 Å². The second kappa shape index (κ2) is 6.47. The van der Waals surface area contributed by atoms with Crippen LogP contribution in [-0.4, -0.2) is 32.3 Å². The highest BCUT2D eigenvalue weighted by Crippen LogP contribution is 2.34. The van der Waals surface area contributed by atoms with Gasteiger partial charge in [-0.05, 0) is 38.3 Å². The Morgan fingerprint density at radius 3 is 2.70 bits per heavy atom. The molecular weight excluding hydrogens is 270 g/mol. The minimum Gasteiger partial charge on any atom is -0.256 e. The second-order valence-electron chi connectivity index (χ2n) is 5.31. The molecule has 0 spiro atoms. The van der Waals surface area contributed by atoms with E-state index in [-0.39, 0.29) is 0 Å². The van der Waals surface area contributed by atoms with Crippen LogP contribution in [0.2, 0.25) is 0 Å². The van der Waals surface area contributed by atoms with E-state index in [1.165, 1.54) is 0 Å². The number of piperidine rings is 1. The van der Waals surface area contributed by atoms with Crippen molar-refractivity contribution in [2.24, 2.45) is 0 Å². The van der Waals surface area contributed by atoms with Gasteiger partial charge in [-0.1, -0.05) is 13.0 Å². The van der Waals surface area contributed by atoms with E-state index in [4.69, 9.17) is 0 Å². The number of aryl methyl sites for hydroxylation is 1. The summed E-state index contributed by atoms with van der Waals surface area (Å²) in [5.41, 5.74) is 1.29. The van der Waals surface area contributed by atoms with E-state index < -0.39 is 16.4 Å². The molecule has 1 atom stereocenters. The molecule has 20 heavy (non-hydrogen) atoms. The maximum Gasteiger partial charge on any atom is 0.102 e. The molecular formula is C15H21N3OS. The first-order chi connectivity index (χ1) is 9.61. The maximum absolute atomic E-state index is 12.0. The predicted molar refractivity (Wildman–Crippen MR) is 80.4 cm³/mol. The van der Waals surface area contributed by atoms with Crippen molar-refractivity contribution in [1.82, 2.24) is 9.29 Å². The number of nitriles is 1. The van der Waals surface area contributed by atoms with Crippen LogP contribution in [-0.2, 0) is 16.4 Å². The van der Waals surface area contributed by atoms with Crippen LogP contribution in [0.1, 0.15) is 37.6 Å². The third-order valence-corrected chi connectivity index (χ3v) is 5.53. The van der Waals surface area contributed by atoms with Crippen molar-refractivity contribution in [2.75, 3.05) is 18.8 Å². The lowest BCUT2D eigenvalue weighted by molar-refractivity contribution is 0.283. The van der Waals surface area contributed by atoms with Gasteiger partial charge in [0.05, 0.1) is 22.7 Å². The average molecular weight is 291 g/mol. The number of hydrogen-bond acceptors (Lipinski definition) is 3. The lowest BCUT2D eigenvalue weighted by Crippen LogP contribution is -2.43. The van der Waals surface area contributed by atoms with Gasteiger partial charge in [0.1, 0.15) is 5.41 Å². The number of nitrogens with zero attached hydrogens (tertiary/aromatic N) is 3. The topological polar surface area (TPSA) is 57.0 Å². The first kappa shape index (κ1) is 15.1. The molecule has 1 fully saturated rings. The van der Waals surface area contributed by atoms with Gasteiger partial charge >= 0.3 is 0 Å². The minimum atomic E-state index is -0.899. The van der Waals surface area contributed by atoms with Crippen molar-refractivity contribution in [3.05, 3.63) is 29.6 Å². The summed E-state index contributed by atoms with van der Waals surface area (Å²) in [6.45, 7) is 5.39. The summed E-state index contributed by atoms with van der Waals surface area (Å²) in [6.07, 6.45) is 2.33. The lowest BCUT2D eigenvalue weighted by Gasteiger charge is -2.36. The normalized spacial score (nSPS) is 20.2. The molecule has 0 N–H and O–H groups in total. The molecule has 4 nitrogen and oxygen atoms in total. The summed E-state index contributed by atoms with van der Waals surface area (Å²) in [7, 11) is -0.899. The first-order valence-corrected chi connectivity index (χ1v) is 8.38. The van der Waals surface area contributed by atoms with E-state index >= 15 is 0 Å². The van der Waals surface area contributed by atoms with Crippen LogP contribution >= 0.6 is 0 Å². The highest BCUT2D eigenvalue weighted by atomic mass is 32.2. The van der Waals surface area contributed by atoms with E-state index in [9.17, 15) is 9.47 Å². The van der Waals surface area contributed by atoms with Gasteiger partial charge in [-0.3, -0.25) is 4.98 Å². The van der Waals surface area contributed by atoms with Crippen molar-refractivity contribution in [3.8, 4) is 6.07 Å². The third-order valence-electron chi connectivity index (χ3n) is 3.84. The predicted octanol–water partition coefficient (Wildman–Crippen LogP) is 2.32. The Kier molecular flexibility index (Phi) is 4.90. The number of rotatable bonds is 4. The molecule has 0 aliphatic carbocycles. The average Bonchev–Trinajstić information content (AvgIpc) is 2.47. The Hall–Kier alpha value is -1.25. The van der Waals surface area contributed by atoms with Crippen LogP contribution in [0, 0.1) is 18.3 Å². The van der Waals surface area contributed by atoms with E-state index in [2.05, 4.69) is 11.1 Å². The number of hydrogen-bond donors (Lipinski definition) is 0. The van der Waals surface area contributed by atoms with Gasteiger partial charge in [0.15, 0.2) is 0 Å². The van der Waals surface area contributed by atoms with E-state index in [1.54, 1.807) is 0 Å². The summed E-state index contributed by atoms with van der Waals surface area (Å²) in [4.78, 5) is 4.53.